The number of rotatable bonds is 6. The van der Waals surface area contributed by atoms with Gasteiger partial charge in [-0.3, -0.25) is 14.5 Å². The largest absolute Gasteiger partial charge is 0.459 e. The number of nitrogens with one attached hydrogen (secondary N) is 1. The lowest BCUT2D eigenvalue weighted by molar-refractivity contribution is 0.0558. The highest BCUT2D eigenvalue weighted by atomic mass is 16.3. The van der Waals surface area contributed by atoms with Crippen molar-refractivity contribution >= 4 is 16.8 Å². The van der Waals surface area contributed by atoms with Crippen molar-refractivity contribution in [1.29, 1.82) is 0 Å². The van der Waals surface area contributed by atoms with Gasteiger partial charge in [-0.2, -0.15) is 0 Å². The lowest BCUT2D eigenvalue weighted by Gasteiger charge is -2.38. The summed E-state index contributed by atoms with van der Waals surface area (Å²) >= 11 is 0. The van der Waals surface area contributed by atoms with Crippen molar-refractivity contribution < 1.29 is 9.21 Å². The van der Waals surface area contributed by atoms with E-state index < -0.39 is 6.04 Å². The Morgan fingerprint density at radius 2 is 1.77 bits per heavy atom. The van der Waals surface area contributed by atoms with E-state index in [1.54, 1.807) is 21.7 Å². The molecule has 0 spiro atoms. The molecule has 1 atom stereocenters. The number of nitrogens with zero attached hydrogens (tertiary/aromatic N) is 6. The molecular formula is C29H29N7O3. The number of fused-ring (bicyclic) bond motifs is 1. The first-order chi connectivity index (χ1) is 19.0. The van der Waals surface area contributed by atoms with Crippen LogP contribution in [0.2, 0.25) is 0 Å². The number of benzene rings is 2. The third-order valence-electron chi connectivity index (χ3n) is 7.44. The molecule has 198 valence electrons. The first-order valence-corrected chi connectivity index (χ1v) is 13.0. The molecule has 3 aromatic heterocycles. The van der Waals surface area contributed by atoms with Crippen LogP contribution in [0.5, 0.6) is 0 Å². The van der Waals surface area contributed by atoms with Gasteiger partial charge >= 0.3 is 0 Å². The Morgan fingerprint density at radius 1 is 1.00 bits per heavy atom. The molecule has 0 bridgehead atoms. The highest BCUT2D eigenvalue weighted by Crippen LogP contribution is 2.30. The first kappa shape index (κ1) is 24.7. The van der Waals surface area contributed by atoms with Gasteiger partial charge in [-0.15, -0.1) is 5.10 Å². The van der Waals surface area contributed by atoms with Gasteiger partial charge in [-0.25, -0.2) is 4.68 Å². The van der Waals surface area contributed by atoms with Gasteiger partial charge in [0, 0.05) is 37.1 Å². The van der Waals surface area contributed by atoms with Crippen molar-refractivity contribution in [3.05, 3.63) is 111 Å². The van der Waals surface area contributed by atoms with E-state index in [9.17, 15) is 9.59 Å². The Morgan fingerprint density at radius 3 is 2.51 bits per heavy atom. The fraction of sp³-hybridized carbons (Fsp3) is 0.276. The molecule has 10 heteroatoms. The van der Waals surface area contributed by atoms with Crippen molar-refractivity contribution in [3.63, 3.8) is 0 Å². The van der Waals surface area contributed by atoms with Crippen LogP contribution in [0, 0.1) is 13.8 Å². The van der Waals surface area contributed by atoms with Gasteiger partial charge in [0.05, 0.1) is 18.3 Å². The van der Waals surface area contributed by atoms with Gasteiger partial charge in [0.25, 0.3) is 11.5 Å². The molecule has 5 aromatic rings. The van der Waals surface area contributed by atoms with Crippen molar-refractivity contribution in [2.75, 3.05) is 26.2 Å². The van der Waals surface area contributed by atoms with Gasteiger partial charge in [0.2, 0.25) is 0 Å². The van der Waals surface area contributed by atoms with Crippen LogP contribution in [-0.4, -0.2) is 67.1 Å². The summed E-state index contributed by atoms with van der Waals surface area (Å²) in [5.74, 6) is 0.767. The molecule has 1 aliphatic rings. The summed E-state index contributed by atoms with van der Waals surface area (Å²) in [6.07, 6.45) is 1.50. The van der Waals surface area contributed by atoms with E-state index in [1.807, 2.05) is 56.3 Å². The zero-order valence-electron chi connectivity index (χ0n) is 21.9. The standard InChI is InChI=1S/C29H29N7O3/c1-19-10-11-20(2)25-22(19)17-23(28(37)30-25)26(27-31-32-33-36(27)18-21-7-4-3-5-8-21)34-12-14-35(15-13-34)29(38)24-9-6-16-39-24/h3-11,16-17,26H,12-15,18H2,1-2H3,(H,30,37)/t26-/m0/s1. The van der Waals surface area contributed by atoms with Crippen LogP contribution in [0.4, 0.5) is 0 Å². The third kappa shape index (κ3) is 4.74. The molecule has 0 saturated carbocycles. The summed E-state index contributed by atoms with van der Waals surface area (Å²) in [7, 11) is 0. The molecule has 2 aromatic carbocycles. The second-order valence-electron chi connectivity index (χ2n) is 9.93. The average Bonchev–Trinajstić information content (AvgIpc) is 3.65. The molecule has 10 nitrogen and oxygen atoms in total. The number of H-pyrrole nitrogens is 1. The van der Waals surface area contributed by atoms with Gasteiger partial charge in [0.1, 0.15) is 6.04 Å². The third-order valence-corrected chi connectivity index (χ3v) is 7.44. The van der Waals surface area contributed by atoms with Crippen LogP contribution in [0.15, 0.2) is 76.1 Å². The van der Waals surface area contributed by atoms with Crippen LogP contribution >= 0.6 is 0 Å². The molecular weight excluding hydrogens is 494 g/mol. The molecule has 0 aliphatic carbocycles. The van der Waals surface area contributed by atoms with Crippen LogP contribution in [0.25, 0.3) is 10.9 Å². The van der Waals surface area contributed by atoms with E-state index in [-0.39, 0.29) is 11.5 Å². The Labute approximate surface area is 224 Å². The predicted octanol–water partition coefficient (Wildman–Crippen LogP) is 3.32. The summed E-state index contributed by atoms with van der Waals surface area (Å²) in [5, 5.41) is 13.7. The topological polar surface area (TPSA) is 113 Å². The average molecular weight is 524 g/mol. The van der Waals surface area contributed by atoms with E-state index >= 15 is 0 Å². The lowest BCUT2D eigenvalue weighted by Crippen LogP contribution is -2.50. The van der Waals surface area contributed by atoms with Gasteiger partial charge < -0.3 is 14.3 Å². The fourth-order valence-corrected chi connectivity index (χ4v) is 5.31. The molecule has 1 saturated heterocycles. The van der Waals surface area contributed by atoms with Crippen molar-refractivity contribution in [2.24, 2.45) is 0 Å². The van der Waals surface area contributed by atoms with E-state index in [4.69, 9.17) is 4.42 Å². The van der Waals surface area contributed by atoms with Gasteiger partial charge in [-0.1, -0.05) is 42.5 Å². The predicted molar refractivity (Wildman–Crippen MR) is 145 cm³/mol. The number of piperazine rings is 1. The molecule has 0 radical (unpaired) electrons. The Hall–Kier alpha value is -4.57. The number of aromatic amines is 1. The number of carbonyl (C=O) groups excluding carboxylic acids is 1. The molecule has 1 amide bonds. The van der Waals surface area contributed by atoms with Crippen molar-refractivity contribution in [3.8, 4) is 0 Å². The summed E-state index contributed by atoms with van der Waals surface area (Å²) in [4.78, 5) is 33.6. The number of hydrogen-bond acceptors (Lipinski definition) is 7. The first-order valence-electron chi connectivity index (χ1n) is 13.0. The van der Waals surface area contributed by atoms with E-state index in [0.717, 1.165) is 27.6 Å². The summed E-state index contributed by atoms with van der Waals surface area (Å²) in [6.45, 7) is 6.56. The number of amides is 1. The minimum absolute atomic E-state index is 0.139. The van der Waals surface area contributed by atoms with E-state index in [0.29, 0.717) is 49.9 Å². The summed E-state index contributed by atoms with van der Waals surface area (Å²) in [5.41, 5.74) is 4.37. The minimum Gasteiger partial charge on any atom is -0.459 e. The Balaban J connectivity index is 1.40. The molecule has 1 aliphatic heterocycles. The number of aryl methyl sites for hydroxylation is 2. The number of aromatic nitrogens is 5. The number of tetrazole rings is 1. The van der Waals surface area contributed by atoms with Crippen LogP contribution in [0.1, 0.15) is 44.7 Å². The monoisotopic (exact) mass is 523 g/mol. The summed E-state index contributed by atoms with van der Waals surface area (Å²) in [6, 6.07) is 18.9. The maximum Gasteiger partial charge on any atom is 0.289 e. The quantitative estimate of drug-likeness (QED) is 0.363. The molecule has 4 heterocycles. The number of hydrogen-bond donors (Lipinski definition) is 1. The van der Waals surface area contributed by atoms with Gasteiger partial charge in [0.15, 0.2) is 11.6 Å². The van der Waals surface area contributed by atoms with Gasteiger partial charge in [-0.05, 0) is 59.2 Å². The molecule has 1 N–H and O–H groups in total. The Kier molecular flexibility index (Phi) is 6.54. The SMILES string of the molecule is Cc1ccc(C)c2[nH]c(=O)c([C@@H](c3nnnn3Cc3ccccc3)N3CCN(C(=O)c4ccco4)CC3)cc12. The minimum atomic E-state index is -0.502. The van der Waals surface area contributed by atoms with Crippen molar-refractivity contribution in [1.82, 2.24) is 35.0 Å². The highest BCUT2D eigenvalue weighted by molar-refractivity contribution is 5.91. The normalized spacial score (nSPS) is 15.1. The van der Waals surface area contributed by atoms with E-state index in [1.165, 1.54) is 6.26 Å². The smallest absolute Gasteiger partial charge is 0.289 e. The zero-order chi connectivity index (χ0) is 26.9. The molecule has 39 heavy (non-hydrogen) atoms. The maximum absolute atomic E-state index is 13.6. The van der Waals surface area contributed by atoms with E-state index in [2.05, 4.69) is 31.5 Å². The Bertz CT molecular complexity index is 1670. The maximum atomic E-state index is 13.6. The van der Waals surface area contributed by atoms with Crippen molar-refractivity contribution in [2.45, 2.75) is 26.4 Å². The van der Waals surface area contributed by atoms with Crippen LogP contribution in [-0.2, 0) is 6.54 Å². The second kappa shape index (κ2) is 10.3. The number of carbonyl (C=O) groups is 1. The fourth-order valence-electron chi connectivity index (χ4n) is 5.31. The highest BCUT2D eigenvalue weighted by Gasteiger charge is 2.34. The number of pyridine rings is 1. The molecule has 0 unspecified atom stereocenters. The summed E-state index contributed by atoms with van der Waals surface area (Å²) < 4.78 is 7.08. The second-order valence-corrected chi connectivity index (χ2v) is 9.93. The molecule has 6 rings (SSSR count). The van der Waals surface area contributed by atoms with Crippen LogP contribution in [0.3, 0.4) is 0 Å². The molecule has 1 fully saturated rings. The lowest BCUT2D eigenvalue weighted by atomic mass is 9.99. The zero-order valence-corrected chi connectivity index (χ0v) is 21.9. The van der Waals surface area contributed by atoms with Crippen LogP contribution < -0.4 is 5.56 Å². The number of furan rings is 1.